The Hall–Kier alpha value is -2.60. The van der Waals surface area contributed by atoms with Crippen LogP contribution in [0.5, 0.6) is 0 Å². The predicted molar refractivity (Wildman–Crippen MR) is 97.5 cm³/mol. The second kappa shape index (κ2) is 6.88. The van der Waals surface area contributed by atoms with Crippen molar-refractivity contribution >= 4 is 50.0 Å². The number of hydrogen-bond acceptors (Lipinski definition) is 4. The Morgan fingerprint density at radius 2 is 1.79 bits per heavy atom. The van der Waals surface area contributed by atoms with E-state index in [1.54, 1.807) is 6.07 Å². The van der Waals surface area contributed by atoms with E-state index in [2.05, 4.69) is 26.6 Å². The molecule has 1 amide bonds. The van der Waals surface area contributed by atoms with Gasteiger partial charge in [0.1, 0.15) is 5.58 Å². The zero-order valence-electron chi connectivity index (χ0n) is 12.9. The minimum absolute atomic E-state index is 0.0818. The summed E-state index contributed by atoms with van der Waals surface area (Å²) >= 11 is 3.36. The number of anilines is 2. The maximum absolute atomic E-state index is 12.2. The van der Waals surface area contributed by atoms with Crippen LogP contribution in [0.25, 0.3) is 11.0 Å². The van der Waals surface area contributed by atoms with Crippen LogP contribution >= 0.6 is 15.9 Å². The molecule has 1 aromatic heterocycles. The van der Waals surface area contributed by atoms with Gasteiger partial charge in [-0.05, 0) is 36.4 Å². The van der Waals surface area contributed by atoms with Gasteiger partial charge in [-0.3, -0.25) is 9.59 Å². The number of para-hydroxylation sites is 1. The summed E-state index contributed by atoms with van der Waals surface area (Å²) in [7, 11) is 0. The molecule has 0 radical (unpaired) electrons. The minimum atomic E-state index is -0.257. The number of halogens is 1. The number of Topliss-reactive ketones (excluding diaryl/α,β-unsaturated/α-hetero) is 1. The monoisotopic (exact) mass is 386 g/mol. The van der Waals surface area contributed by atoms with Gasteiger partial charge < -0.3 is 15.1 Å². The lowest BCUT2D eigenvalue weighted by Crippen LogP contribution is -2.22. The van der Waals surface area contributed by atoms with Crippen molar-refractivity contribution in [2.24, 2.45) is 0 Å². The number of ketones is 1. The summed E-state index contributed by atoms with van der Waals surface area (Å²) < 4.78 is 6.51. The first-order chi connectivity index (χ1) is 11.5. The van der Waals surface area contributed by atoms with Crippen LogP contribution in [0.3, 0.4) is 0 Å². The first-order valence-corrected chi connectivity index (χ1v) is 8.15. The molecule has 0 atom stereocenters. The predicted octanol–water partition coefficient (Wildman–Crippen LogP) is 4.45. The fraction of sp³-hybridized carbons (Fsp3) is 0.111. The smallest absolute Gasteiger partial charge is 0.243 e. The summed E-state index contributed by atoms with van der Waals surface area (Å²) in [6, 6.07) is 14.7. The first kappa shape index (κ1) is 16.3. The van der Waals surface area contributed by atoms with Gasteiger partial charge in [-0.15, -0.1) is 0 Å². The second-order valence-corrected chi connectivity index (χ2v) is 6.18. The number of furan rings is 1. The Morgan fingerprint density at radius 3 is 2.50 bits per heavy atom. The molecule has 0 aliphatic carbocycles. The van der Waals surface area contributed by atoms with E-state index in [1.807, 2.05) is 42.5 Å². The van der Waals surface area contributed by atoms with E-state index in [4.69, 9.17) is 4.42 Å². The summed E-state index contributed by atoms with van der Waals surface area (Å²) in [5.74, 6) is -0.331. The Morgan fingerprint density at radius 1 is 1.08 bits per heavy atom. The lowest BCUT2D eigenvalue weighted by molar-refractivity contribution is -0.114. The molecule has 0 unspecified atom stereocenters. The number of carbonyl (C=O) groups excluding carboxylic acids is 2. The average molecular weight is 387 g/mol. The van der Waals surface area contributed by atoms with Crippen molar-refractivity contribution in [1.82, 2.24) is 0 Å². The average Bonchev–Trinajstić information content (AvgIpc) is 2.93. The molecule has 122 valence electrons. The molecule has 5 nitrogen and oxygen atoms in total. The highest BCUT2D eigenvalue weighted by molar-refractivity contribution is 9.10. The molecule has 0 bridgehead atoms. The van der Waals surface area contributed by atoms with Crippen molar-refractivity contribution in [1.29, 1.82) is 0 Å². The number of rotatable bonds is 5. The van der Waals surface area contributed by atoms with Gasteiger partial charge in [-0.25, -0.2) is 0 Å². The van der Waals surface area contributed by atoms with Gasteiger partial charge in [0.15, 0.2) is 11.5 Å². The zero-order valence-corrected chi connectivity index (χ0v) is 14.5. The normalized spacial score (nSPS) is 10.6. The van der Waals surface area contributed by atoms with E-state index in [1.165, 1.54) is 6.92 Å². The number of benzene rings is 2. The van der Waals surface area contributed by atoms with Crippen LogP contribution in [-0.4, -0.2) is 18.2 Å². The first-order valence-electron chi connectivity index (χ1n) is 7.36. The van der Waals surface area contributed by atoms with E-state index >= 15 is 0 Å². The summed E-state index contributed by atoms with van der Waals surface area (Å²) in [6.07, 6.45) is 0. The number of carbonyl (C=O) groups is 2. The molecule has 0 fully saturated rings. The van der Waals surface area contributed by atoms with E-state index in [-0.39, 0.29) is 24.0 Å². The molecule has 1 heterocycles. The molecule has 3 rings (SSSR count). The summed E-state index contributed by atoms with van der Waals surface area (Å²) in [5, 5.41) is 6.51. The number of hydrogen-bond donors (Lipinski definition) is 2. The molecule has 0 aliphatic heterocycles. The third-order valence-corrected chi connectivity index (χ3v) is 4.01. The number of fused-ring (bicyclic) bond motifs is 1. The molecule has 0 aliphatic rings. The molecular formula is C18H15BrN2O3. The van der Waals surface area contributed by atoms with Crippen LogP contribution in [0.1, 0.15) is 17.5 Å². The van der Waals surface area contributed by atoms with Crippen molar-refractivity contribution in [3.8, 4) is 0 Å². The van der Waals surface area contributed by atoms with E-state index in [0.717, 1.165) is 10.2 Å². The third-order valence-electron chi connectivity index (χ3n) is 3.48. The third kappa shape index (κ3) is 3.49. The maximum atomic E-state index is 12.2. The minimum Gasteiger partial charge on any atom is -0.451 e. The molecule has 0 spiro atoms. The SMILES string of the molecule is CC(=O)c1oc2ccccc2c1NC(=O)CNc1ccc(Br)cc1. The number of amides is 1. The van der Waals surface area contributed by atoms with Crippen LogP contribution in [0.4, 0.5) is 11.4 Å². The maximum Gasteiger partial charge on any atom is 0.243 e. The standard InChI is InChI=1S/C18H15BrN2O3/c1-11(22)18-17(14-4-2-3-5-15(14)24-18)21-16(23)10-20-13-8-6-12(19)7-9-13/h2-9,20H,10H2,1H3,(H,21,23). The highest BCUT2D eigenvalue weighted by Crippen LogP contribution is 2.31. The van der Waals surface area contributed by atoms with Gasteiger partial charge in [-0.1, -0.05) is 28.1 Å². The van der Waals surface area contributed by atoms with Crippen molar-refractivity contribution in [2.75, 3.05) is 17.2 Å². The zero-order chi connectivity index (χ0) is 17.1. The van der Waals surface area contributed by atoms with Gasteiger partial charge in [-0.2, -0.15) is 0 Å². The molecule has 6 heteroatoms. The van der Waals surface area contributed by atoms with E-state index < -0.39 is 0 Å². The van der Waals surface area contributed by atoms with Crippen molar-refractivity contribution in [3.63, 3.8) is 0 Å². The topological polar surface area (TPSA) is 71.3 Å². The molecule has 3 aromatic rings. The van der Waals surface area contributed by atoms with Crippen molar-refractivity contribution in [3.05, 3.63) is 58.8 Å². The van der Waals surface area contributed by atoms with Crippen LogP contribution < -0.4 is 10.6 Å². The second-order valence-electron chi connectivity index (χ2n) is 5.27. The quantitative estimate of drug-likeness (QED) is 0.635. The van der Waals surface area contributed by atoms with Gasteiger partial charge in [0.25, 0.3) is 0 Å². The number of nitrogens with one attached hydrogen (secondary N) is 2. The molecule has 0 saturated carbocycles. The fourth-order valence-electron chi connectivity index (χ4n) is 2.35. The molecule has 2 N–H and O–H groups in total. The van der Waals surface area contributed by atoms with Crippen LogP contribution in [0.15, 0.2) is 57.4 Å². The highest BCUT2D eigenvalue weighted by atomic mass is 79.9. The van der Waals surface area contributed by atoms with Gasteiger partial charge in [0.2, 0.25) is 5.91 Å². The molecular weight excluding hydrogens is 372 g/mol. The van der Waals surface area contributed by atoms with Crippen LogP contribution in [0, 0.1) is 0 Å². The Kier molecular flexibility index (Phi) is 4.66. The van der Waals surface area contributed by atoms with Crippen LogP contribution in [-0.2, 0) is 4.79 Å². The van der Waals surface area contributed by atoms with E-state index in [9.17, 15) is 9.59 Å². The van der Waals surface area contributed by atoms with E-state index in [0.29, 0.717) is 16.7 Å². The van der Waals surface area contributed by atoms with Crippen LogP contribution in [0.2, 0.25) is 0 Å². The van der Waals surface area contributed by atoms with Crippen molar-refractivity contribution in [2.45, 2.75) is 6.92 Å². The summed E-state index contributed by atoms with van der Waals surface area (Å²) in [5.41, 5.74) is 1.82. The largest absolute Gasteiger partial charge is 0.451 e. The highest BCUT2D eigenvalue weighted by Gasteiger charge is 2.19. The summed E-state index contributed by atoms with van der Waals surface area (Å²) in [6.45, 7) is 1.49. The Bertz CT molecular complexity index is 900. The van der Waals surface area contributed by atoms with Gasteiger partial charge >= 0.3 is 0 Å². The lowest BCUT2D eigenvalue weighted by atomic mass is 10.2. The fourth-order valence-corrected chi connectivity index (χ4v) is 2.62. The lowest BCUT2D eigenvalue weighted by Gasteiger charge is -2.08. The van der Waals surface area contributed by atoms with Crippen molar-refractivity contribution < 1.29 is 14.0 Å². The molecule has 2 aromatic carbocycles. The Labute approximate surface area is 147 Å². The molecule has 24 heavy (non-hydrogen) atoms. The molecule has 0 saturated heterocycles. The van der Waals surface area contributed by atoms with Gasteiger partial charge in [0, 0.05) is 22.5 Å². The summed E-state index contributed by atoms with van der Waals surface area (Å²) in [4.78, 5) is 24.0. The van der Waals surface area contributed by atoms with Gasteiger partial charge in [0.05, 0.1) is 12.2 Å². The Balaban J connectivity index is 1.76.